The van der Waals surface area contributed by atoms with Gasteiger partial charge >= 0.3 is 5.97 Å². The highest BCUT2D eigenvalue weighted by Crippen LogP contribution is 2.23. The molecule has 2 rings (SSSR count). The molecule has 0 heterocycles. The van der Waals surface area contributed by atoms with Gasteiger partial charge in [-0.3, -0.25) is 4.79 Å². The predicted octanol–water partition coefficient (Wildman–Crippen LogP) is 3.42. The van der Waals surface area contributed by atoms with Crippen LogP contribution < -0.4 is 4.74 Å². The van der Waals surface area contributed by atoms with Gasteiger partial charge in [-0.05, 0) is 35.0 Å². The molecule has 0 atom stereocenters. The van der Waals surface area contributed by atoms with Crippen LogP contribution in [0.1, 0.15) is 6.92 Å². The van der Waals surface area contributed by atoms with Crippen LogP contribution in [-0.2, 0) is 4.79 Å². The average Bonchev–Trinajstić information content (AvgIpc) is 2.17. The Balaban J connectivity index is 2.47. The molecule has 0 aliphatic carbocycles. The summed E-state index contributed by atoms with van der Waals surface area (Å²) in [6.45, 7) is 1.38. The highest BCUT2D eigenvalue weighted by molar-refractivity contribution is 6.31. The fourth-order valence-electron chi connectivity index (χ4n) is 1.42. The molecule has 0 radical (unpaired) electrons. The molecule has 0 aliphatic heterocycles. The van der Waals surface area contributed by atoms with Crippen molar-refractivity contribution >= 4 is 28.3 Å². The second-order valence-electron chi connectivity index (χ2n) is 3.25. The molecule has 2 aromatic carbocycles. The molecule has 0 fully saturated rings. The maximum Gasteiger partial charge on any atom is 0.308 e. The smallest absolute Gasteiger partial charge is 0.308 e. The van der Waals surface area contributed by atoms with E-state index in [1.807, 2.05) is 24.3 Å². The van der Waals surface area contributed by atoms with E-state index in [2.05, 4.69) is 0 Å². The Labute approximate surface area is 92.4 Å². The third kappa shape index (κ3) is 2.28. The summed E-state index contributed by atoms with van der Waals surface area (Å²) in [7, 11) is 0. The molecule has 0 bridgehead atoms. The Morgan fingerprint density at radius 3 is 2.53 bits per heavy atom. The molecule has 76 valence electrons. The van der Waals surface area contributed by atoms with E-state index in [9.17, 15) is 4.79 Å². The number of carbonyl (C=O) groups excluding carboxylic acids is 1. The first-order chi connectivity index (χ1) is 7.15. The number of rotatable bonds is 1. The van der Waals surface area contributed by atoms with Crippen LogP contribution in [-0.4, -0.2) is 5.97 Å². The summed E-state index contributed by atoms with van der Waals surface area (Å²) in [5.74, 6) is 0.237. The van der Waals surface area contributed by atoms with Crippen molar-refractivity contribution in [3.8, 4) is 5.75 Å². The number of benzene rings is 2. The van der Waals surface area contributed by atoms with Crippen molar-refractivity contribution in [1.82, 2.24) is 0 Å². The van der Waals surface area contributed by atoms with Crippen LogP contribution in [0.2, 0.25) is 5.02 Å². The maximum atomic E-state index is 10.8. The number of ether oxygens (including phenoxy) is 1. The topological polar surface area (TPSA) is 26.3 Å². The number of carbonyl (C=O) groups is 1. The van der Waals surface area contributed by atoms with Crippen molar-refractivity contribution in [1.29, 1.82) is 0 Å². The van der Waals surface area contributed by atoms with Gasteiger partial charge in [0.1, 0.15) is 5.75 Å². The molecule has 3 heteroatoms. The van der Waals surface area contributed by atoms with Crippen LogP contribution in [0.5, 0.6) is 5.75 Å². The molecule has 2 aromatic rings. The second-order valence-corrected chi connectivity index (χ2v) is 3.68. The quantitative estimate of drug-likeness (QED) is 0.544. The largest absolute Gasteiger partial charge is 0.427 e. The number of hydrogen-bond acceptors (Lipinski definition) is 2. The van der Waals surface area contributed by atoms with E-state index in [0.717, 1.165) is 10.8 Å². The zero-order valence-corrected chi connectivity index (χ0v) is 8.91. The summed E-state index contributed by atoms with van der Waals surface area (Å²) in [5, 5.41) is 2.72. The van der Waals surface area contributed by atoms with Gasteiger partial charge in [0.15, 0.2) is 0 Å². The Morgan fingerprint density at radius 1 is 1.13 bits per heavy atom. The van der Waals surface area contributed by atoms with Gasteiger partial charge in [0.2, 0.25) is 0 Å². The van der Waals surface area contributed by atoms with E-state index in [1.54, 1.807) is 12.1 Å². The third-order valence-corrected chi connectivity index (χ3v) is 2.27. The monoisotopic (exact) mass is 220 g/mol. The SMILES string of the molecule is CC(=O)Oc1ccc2cc(Cl)ccc2c1. The van der Waals surface area contributed by atoms with E-state index in [-0.39, 0.29) is 5.97 Å². The minimum absolute atomic E-state index is 0.316. The summed E-state index contributed by atoms with van der Waals surface area (Å²) < 4.78 is 4.98. The number of hydrogen-bond donors (Lipinski definition) is 0. The van der Waals surface area contributed by atoms with Gasteiger partial charge < -0.3 is 4.74 Å². The highest BCUT2D eigenvalue weighted by atomic mass is 35.5. The van der Waals surface area contributed by atoms with Crippen molar-refractivity contribution in [2.75, 3.05) is 0 Å². The first-order valence-electron chi connectivity index (χ1n) is 4.53. The Bertz CT molecular complexity index is 520. The molecule has 0 saturated heterocycles. The van der Waals surface area contributed by atoms with Gasteiger partial charge in [-0.25, -0.2) is 0 Å². The van der Waals surface area contributed by atoms with E-state index < -0.39 is 0 Å². The van der Waals surface area contributed by atoms with Crippen LogP contribution in [0.3, 0.4) is 0 Å². The van der Waals surface area contributed by atoms with E-state index in [0.29, 0.717) is 10.8 Å². The lowest BCUT2D eigenvalue weighted by Gasteiger charge is -2.03. The first kappa shape index (κ1) is 9.99. The summed E-state index contributed by atoms with van der Waals surface area (Å²) in [6.07, 6.45) is 0. The van der Waals surface area contributed by atoms with Gasteiger partial charge in [-0.2, -0.15) is 0 Å². The molecule has 0 N–H and O–H groups in total. The van der Waals surface area contributed by atoms with E-state index in [1.165, 1.54) is 6.92 Å². The third-order valence-electron chi connectivity index (χ3n) is 2.04. The molecule has 0 aromatic heterocycles. The molecular formula is C12H9ClO2. The lowest BCUT2D eigenvalue weighted by Crippen LogP contribution is -2.00. The Morgan fingerprint density at radius 2 is 1.80 bits per heavy atom. The summed E-state index contributed by atoms with van der Waals surface area (Å²) in [6, 6.07) is 11.0. The molecule has 2 nitrogen and oxygen atoms in total. The van der Waals surface area contributed by atoms with Gasteiger partial charge in [0.25, 0.3) is 0 Å². The maximum absolute atomic E-state index is 10.8. The zero-order valence-electron chi connectivity index (χ0n) is 8.16. The van der Waals surface area contributed by atoms with E-state index in [4.69, 9.17) is 16.3 Å². The minimum Gasteiger partial charge on any atom is -0.427 e. The predicted molar refractivity (Wildman–Crippen MR) is 60.3 cm³/mol. The van der Waals surface area contributed by atoms with Crippen molar-refractivity contribution in [2.24, 2.45) is 0 Å². The lowest BCUT2D eigenvalue weighted by molar-refractivity contribution is -0.131. The Hall–Kier alpha value is -1.54. The second kappa shape index (κ2) is 3.91. The molecular weight excluding hydrogens is 212 g/mol. The summed E-state index contributed by atoms with van der Waals surface area (Å²) in [4.78, 5) is 10.8. The van der Waals surface area contributed by atoms with E-state index >= 15 is 0 Å². The Kier molecular flexibility index (Phi) is 2.60. The van der Waals surface area contributed by atoms with Crippen LogP contribution in [0.4, 0.5) is 0 Å². The van der Waals surface area contributed by atoms with Crippen LogP contribution >= 0.6 is 11.6 Å². The number of fused-ring (bicyclic) bond motifs is 1. The molecule has 0 saturated carbocycles. The summed E-state index contributed by atoms with van der Waals surface area (Å²) in [5.41, 5.74) is 0. The molecule has 0 spiro atoms. The zero-order chi connectivity index (χ0) is 10.8. The molecule has 0 amide bonds. The standard InChI is InChI=1S/C12H9ClO2/c1-8(14)15-12-5-3-9-6-11(13)4-2-10(9)7-12/h2-7H,1H3. The van der Waals surface area contributed by atoms with Gasteiger partial charge in [0.05, 0.1) is 0 Å². The lowest BCUT2D eigenvalue weighted by atomic mass is 10.1. The van der Waals surface area contributed by atoms with Crippen molar-refractivity contribution in [2.45, 2.75) is 6.92 Å². The average molecular weight is 221 g/mol. The van der Waals surface area contributed by atoms with Gasteiger partial charge in [-0.15, -0.1) is 0 Å². The summed E-state index contributed by atoms with van der Waals surface area (Å²) >= 11 is 5.86. The van der Waals surface area contributed by atoms with Crippen LogP contribution in [0.25, 0.3) is 10.8 Å². The van der Waals surface area contributed by atoms with Crippen molar-refractivity contribution in [3.63, 3.8) is 0 Å². The molecule has 0 aliphatic rings. The highest BCUT2D eigenvalue weighted by Gasteiger charge is 2.00. The fraction of sp³-hybridized carbons (Fsp3) is 0.0833. The van der Waals surface area contributed by atoms with Gasteiger partial charge in [-0.1, -0.05) is 23.7 Å². The molecule has 0 unspecified atom stereocenters. The number of halogens is 1. The molecule has 15 heavy (non-hydrogen) atoms. The van der Waals surface area contributed by atoms with Gasteiger partial charge in [0, 0.05) is 11.9 Å². The van der Waals surface area contributed by atoms with Crippen LogP contribution in [0.15, 0.2) is 36.4 Å². The number of esters is 1. The minimum atomic E-state index is -0.316. The fourth-order valence-corrected chi connectivity index (χ4v) is 1.60. The van der Waals surface area contributed by atoms with Crippen molar-refractivity contribution in [3.05, 3.63) is 41.4 Å². The van der Waals surface area contributed by atoms with Crippen molar-refractivity contribution < 1.29 is 9.53 Å². The van der Waals surface area contributed by atoms with Crippen LogP contribution in [0, 0.1) is 0 Å². The normalized spacial score (nSPS) is 10.3. The first-order valence-corrected chi connectivity index (χ1v) is 4.91.